The van der Waals surface area contributed by atoms with Gasteiger partial charge < -0.3 is 20.9 Å². The number of likely N-dealkylation sites (tertiary alicyclic amines) is 1. The number of hydrogen-bond acceptors (Lipinski definition) is 3. The molecule has 0 radical (unpaired) electrons. The fourth-order valence-electron chi connectivity index (χ4n) is 3.74. The summed E-state index contributed by atoms with van der Waals surface area (Å²) >= 11 is 0. The van der Waals surface area contributed by atoms with Gasteiger partial charge in [0.15, 0.2) is 0 Å². The molecule has 0 unspecified atom stereocenters. The normalized spacial score (nSPS) is 23.3. The predicted octanol–water partition coefficient (Wildman–Crippen LogP) is 2.75. The minimum Gasteiger partial charge on any atom is -0.342 e. The Morgan fingerprint density at radius 1 is 1.15 bits per heavy atom. The Morgan fingerprint density at radius 3 is 2.44 bits per heavy atom. The van der Waals surface area contributed by atoms with E-state index in [2.05, 4.69) is 22.9 Å². The SMILES string of the molecule is C[C@H]1C[C@@H](C(=O)N2CCC(NC(=O)Nc3ccc(F)cc3)CC2)CCN1.Cl. The Hall–Kier alpha value is -1.86. The average Bonchev–Trinajstić information content (AvgIpc) is 2.64. The highest BCUT2D eigenvalue weighted by atomic mass is 35.5. The summed E-state index contributed by atoms with van der Waals surface area (Å²) < 4.78 is 12.9. The number of anilines is 1. The van der Waals surface area contributed by atoms with Crippen molar-refractivity contribution < 1.29 is 14.0 Å². The molecule has 0 aromatic heterocycles. The van der Waals surface area contributed by atoms with Gasteiger partial charge in [-0.05, 0) is 63.4 Å². The molecule has 27 heavy (non-hydrogen) atoms. The van der Waals surface area contributed by atoms with Gasteiger partial charge in [-0.25, -0.2) is 9.18 Å². The third-order valence-electron chi connectivity index (χ3n) is 5.22. The van der Waals surface area contributed by atoms with Crippen molar-refractivity contribution in [3.05, 3.63) is 30.1 Å². The number of piperidine rings is 2. The molecule has 2 aliphatic heterocycles. The summed E-state index contributed by atoms with van der Waals surface area (Å²) in [6, 6.07) is 5.81. The molecule has 2 saturated heterocycles. The second-order valence-electron chi connectivity index (χ2n) is 7.28. The lowest BCUT2D eigenvalue weighted by atomic mass is 9.91. The summed E-state index contributed by atoms with van der Waals surface area (Å²) in [5, 5.41) is 9.01. The minimum atomic E-state index is -0.337. The number of halogens is 2. The summed E-state index contributed by atoms with van der Waals surface area (Å²) in [6.07, 6.45) is 3.31. The number of urea groups is 1. The smallest absolute Gasteiger partial charge is 0.319 e. The van der Waals surface area contributed by atoms with Gasteiger partial charge in [-0.2, -0.15) is 0 Å². The lowest BCUT2D eigenvalue weighted by Gasteiger charge is -2.36. The molecule has 6 nitrogen and oxygen atoms in total. The lowest BCUT2D eigenvalue weighted by Crippen LogP contribution is -2.50. The van der Waals surface area contributed by atoms with Crippen LogP contribution in [-0.2, 0) is 4.79 Å². The molecular formula is C19H28ClFN4O2. The van der Waals surface area contributed by atoms with Gasteiger partial charge in [-0.3, -0.25) is 4.79 Å². The number of nitrogens with one attached hydrogen (secondary N) is 3. The molecule has 150 valence electrons. The van der Waals surface area contributed by atoms with E-state index in [-0.39, 0.29) is 42.1 Å². The van der Waals surface area contributed by atoms with E-state index < -0.39 is 0 Å². The highest BCUT2D eigenvalue weighted by Crippen LogP contribution is 2.21. The van der Waals surface area contributed by atoms with Crippen LogP contribution in [0, 0.1) is 11.7 Å². The van der Waals surface area contributed by atoms with Gasteiger partial charge in [-0.15, -0.1) is 12.4 Å². The van der Waals surface area contributed by atoms with Crippen LogP contribution in [0.1, 0.15) is 32.6 Å². The van der Waals surface area contributed by atoms with Gasteiger partial charge in [-0.1, -0.05) is 0 Å². The maximum Gasteiger partial charge on any atom is 0.319 e. The van der Waals surface area contributed by atoms with Crippen molar-refractivity contribution in [2.45, 2.75) is 44.7 Å². The lowest BCUT2D eigenvalue weighted by molar-refractivity contribution is -0.137. The Morgan fingerprint density at radius 2 is 1.81 bits per heavy atom. The van der Waals surface area contributed by atoms with Crippen molar-refractivity contribution >= 4 is 30.0 Å². The van der Waals surface area contributed by atoms with Crippen LogP contribution >= 0.6 is 12.4 Å². The van der Waals surface area contributed by atoms with Gasteiger partial charge in [0.2, 0.25) is 5.91 Å². The van der Waals surface area contributed by atoms with Crippen molar-refractivity contribution in [3.8, 4) is 0 Å². The first-order valence-corrected chi connectivity index (χ1v) is 9.36. The zero-order chi connectivity index (χ0) is 18.5. The molecule has 0 bridgehead atoms. The number of benzene rings is 1. The van der Waals surface area contributed by atoms with Crippen molar-refractivity contribution in [3.63, 3.8) is 0 Å². The van der Waals surface area contributed by atoms with E-state index in [9.17, 15) is 14.0 Å². The van der Waals surface area contributed by atoms with Crippen molar-refractivity contribution in [1.82, 2.24) is 15.5 Å². The predicted molar refractivity (Wildman–Crippen MR) is 106 cm³/mol. The summed E-state index contributed by atoms with van der Waals surface area (Å²) in [6.45, 7) is 4.38. The number of carbonyl (C=O) groups is 2. The van der Waals surface area contributed by atoms with Gasteiger partial charge in [0, 0.05) is 36.8 Å². The van der Waals surface area contributed by atoms with Crippen molar-refractivity contribution in [1.29, 1.82) is 0 Å². The molecule has 0 saturated carbocycles. The highest BCUT2D eigenvalue weighted by molar-refractivity contribution is 5.89. The third-order valence-corrected chi connectivity index (χ3v) is 5.22. The number of amides is 3. The van der Waals surface area contributed by atoms with Crippen LogP contribution < -0.4 is 16.0 Å². The van der Waals surface area contributed by atoms with Gasteiger partial charge >= 0.3 is 6.03 Å². The van der Waals surface area contributed by atoms with Crippen LogP contribution in [0.25, 0.3) is 0 Å². The van der Waals surface area contributed by atoms with E-state index in [1.165, 1.54) is 24.3 Å². The maximum absolute atomic E-state index is 12.9. The Labute approximate surface area is 165 Å². The van der Waals surface area contributed by atoms with E-state index in [4.69, 9.17) is 0 Å². The number of hydrogen-bond donors (Lipinski definition) is 3. The van der Waals surface area contributed by atoms with Crippen LogP contribution in [0.3, 0.4) is 0 Å². The molecule has 0 aliphatic carbocycles. The van der Waals surface area contributed by atoms with Crippen molar-refractivity contribution in [2.75, 3.05) is 25.0 Å². The van der Waals surface area contributed by atoms with Gasteiger partial charge in [0.1, 0.15) is 5.82 Å². The third kappa shape index (κ3) is 6.07. The summed E-state index contributed by atoms with van der Waals surface area (Å²) in [5.74, 6) is 0.0428. The second kappa shape index (κ2) is 9.90. The molecule has 2 fully saturated rings. The van der Waals surface area contributed by atoms with Gasteiger partial charge in [0.25, 0.3) is 0 Å². The molecule has 2 aliphatic rings. The maximum atomic E-state index is 12.9. The van der Waals surface area contributed by atoms with E-state index in [0.717, 1.165) is 32.2 Å². The second-order valence-corrected chi connectivity index (χ2v) is 7.28. The Bertz CT molecular complexity index is 635. The standard InChI is InChI=1S/C19H27FN4O2.ClH/c1-13-12-14(6-9-21-13)18(25)24-10-7-17(8-11-24)23-19(26)22-16-4-2-15(20)3-5-16;/h2-5,13-14,17,21H,6-12H2,1H3,(H2,22,23,26);1H/t13-,14-;/m0./s1. The van der Waals surface area contributed by atoms with Gasteiger partial charge in [0.05, 0.1) is 0 Å². The van der Waals surface area contributed by atoms with Crippen LogP contribution in [0.5, 0.6) is 0 Å². The van der Waals surface area contributed by atoms with Crippen LogP contribution in [0.2, 0.25) is 0 Å². The summed E-state index contributed by atoms with van der Waals surface area (Å²) in [5.41, 5.74) is 0.552. The monoisotopic (exact) mass is 398 g/mol. The molecule has 2 atom stereocenters. The fourth-order valence-corrected chi connectivity index (χ4v) is 3.74. The summed E-state index contributed by atoms with van der Waals surface area (Å²) in [4.78, 5) is 26.7. The molecule has 0 spiro atoms. The highest BCUT2D eigenvalue weighted by Gasteiger charge is 2.31. The molecule has 2 heterocycles. The zero-order valence-electron chi connectivity index (χ0n) is 15.5. The van der Waals surface area contributed by atoms with Crippen LogP contribution in [0.15, 0.2) is 24.3 Å². The first-order chi connectivity index (χ1) is 12.5. The van der Waals surface area contributed by atoms with E-state index in [1.54, 1.807) is 0 Å². The molecular weight excluding hydrogens is 371 g/mol. The van der Waals surface area contributed by atoms with Crippen LogP contribution in [-0.4, -0.2) is 48.6 Å². The number of carbonyl (C=O) groups excluding carboxylic acids is 2. The summed E-state index contributed by atoms with van der Waals surface area (Å²) in [7, 11) is 0. The first kappa shape index (κ1) is 21.4. The quantitative estimate of drug-likeness (QED) is 0.733. The molecule has 8 heteroatoms. The Kier molecular flexibility index (Phi) is 7.86. The molecule has 3 amide bonds. The Balaban J connectivity index is 0.00000261. The number of nitrogens with zero attached hydrogens (tertiary/aromatic N) is 1. The van der Waals surface area contributed by atoms with E-state index >= 15 is 0 Å². The topological polar surface area (TPSA) is 73.5 Å². The van der Waals surface area contributed by atoms with Crippen LogP contribution in [0.4, 0.5) is 14.9 Å². The minimum absolute atomic E-state index is 0. The average molecular weight is 399 g/mol. The fraction of sp³-hybridized carbons (Fsp3) is 0.579. The van der Waals surface area contributed by atoms with Crippen molar-refractivity contribution in [2.24, 2.45) is 5.92 Å². The van der Waals surface area contributed by atoms with E-state index in [0.29, 0.717) is 24.8 Å². The molecule has 1 aromatic rings. The largest absolute Gasteiger partial charge is 0.342 e. The molecule has 1 aromatic carbocycles. The molecule has 3 N–H and O–H groups in total. The number of rotatable bonds is 3. The van der Waals surface area contributed by atoms with E-state index in [1.807, 2.05) is 4.90 Å². The first-order valence-electron chi connectivity index (χ1n) is 9.36. The zero-order valence-corrected chi connectivity index (χ0v) is 16.4. The molecule has 3 rings (SSSR count).